The molecule has 0 unspecified atom stereocenters. The van der Waals surface area contributed by atoms with E-state index in [1.807, 2.05) is 38.1 Å². The van der Waals surface area contributed by atoms with Gasteiger partial charge in [0.05, 0.1) is 6.42 Å². The Balaban J connectivity index is 1.44. The summed E-state index contributed by atoms with van der Waals surface area (Å²) in [6, 6.07) is 12.4. The number of H-pyrrole nitrogens is 1. The van der Waals surface area contributed by atoms with E-state index in [1.54, 1.807) is 18.2 Å². The minimum Gasteiger partial charge on any atom is -0.454 e. The van der Waals surface area contributed by atoms with Crippen LogP contribution in [0.3, 0.4) is 0 Å². The minimum atomic E-state index is -1.23. The highest BCUT2D eigenvalue weighted by Gasteiger charge is 2.45. The summed E-state index contributed by atoms with van der Waals surface area (Å²) in [6.45, 7) is 3.79. The van der Waals surface area contributed by atoms with Gasteiger partial charge in [0.2, 0.25) is 24.5 Å². The van der Waals surface area contributed by atoms with Gasteiger partial charge >= 0.3 is 0 Å². The van der Waals surface area contributed by atoms with Gasteiger partial charge in [0, 0.05) is 23.0 Å². The molecule has 5 N–H and O–H groups in total. The zero-order valence-corrected chi connectivity index (χ0v) is 20.4. The summed E-state index contributed by atoms with van der Waals surface area (Å²) < 4.78 is 10.8. The average Bonchev–Trinajstić information content (AvgIpc) is 3.45. The van der Waals surface area contributed by atoms with Gasteiger partial charge in [-0.2, -0.15) is 0 Å². The summed E-state index contributed by atoms with van der Waals surface area (Å²) in [5, 5.41) is 6.88. The molecule has 0 spiro atoms. The molecular formula is C27H30N4O5. The molecule has 9 heteroatoms. The lowest BCUT2D eigenvalue weighted by Gasteiger charge is -2.38. The molecule has 0 saturated carbocycles. The van der Waals surface area contributed by atoms with Crippen molar-refractivity contribution in [2.75, 3.05) is 6.79 Å². The van der Waals surface area contributed by atoms with Crippen molar-refractivity contribution in [1.82, 2.24) is 15.6 Å². The van der Waals surface area contributed by atoms with Crippen LogP contribution in [0.15, 0.2) is 42.5 Å². The average molecular weight is 491 g/mol. The number of rotatable bonds is 7. The molecule has 1 aromatic heterocycles. The quantitative estimate of drug-likeness (QED) is 0.402. The van der Waals surface area contributed by atoms with E-state index < -0.39 is 23.4 Å². The van der Waals surface area contributed by atoms with Crippen molar-refractivity contribution in [3.05, 3.63) is 59.3 Å². The molecule has 0 fully saturated rings. The number of carbonyl (C=O) groups excluding carboxylic acids is 3. The van der Waals surface area contributed by atoms with E-state index in [0.717, 1.165) is 27.7 Å². The van der Waals surface area contributed by atoms with Gasteiger partial charge in [-0.05, 0) is 48.1 Å². The van der Waals surface area contributed by atoms with Gasteiger partial charge in [-0.3, -0.25) is 14.4 Å². The van der Waals surface area contributed by atoms with Gasteiger partial charge in [0.25, 0.3) is 0 Å². The molecule has 188 valence electrons. The van der Waals surface area contributed by atoms with Gasteiger partial charge < -0.3 is 30.8 Å². The number of amides is 3. The molecular weight excluding hydrogens is 460 g/mol. The molecule has 5 rings (SSSR count). The molecule has 9 nitrogen and oxygen atoms in total. The summed E-state index contributed by atoms with van der Waals surface area (Å²) >= 11 is 0. The van der Waals surface area contributed by atoms with E-state index in [1.165, 1.54) is 0 Å². The number of aromatic amines is 1. The Hall–Kier alpha value is -4.01. The fourth-order valence-electron chi connectivity index (χ4n) is 5.15. The molecule has 2 aromatic carbocycles. The van der Waals surface area contributed by atoms with Crippen molar-refractivity contribution in [2.24, 2.45) is 11.7 Å². The highest BCUT2D eigenvalue weighted by atomic mass is 16.7. The van der Waals surface area contributed by atoms with Crippen LogP contribution in [0.1, 0.15) is 37.1 Å². The number of ether oxygens (including phenoxy) is 2. The van der Waals surface area contributed by atoms with Crippen LogP contribution >= 0.6 is 0 Å². The van der Waals surface area contributed by atoms with Gasteiger partial charge in [-0.15, -0.1) is 0 Å². The number of benzene rings is 2. The zero-order chi connectivity index (χ0) is 25.4. The Labute approximate surface area is 208 Å². The lowest BCUT2D eigenvalue weighted by atomic mass is 9.78. The summed E-state index contributed by atoms with van der Waals surface area (Å²) in [5.41, 5.74) is 8.13. The Kier molecular flexibility index (Phi) is 6.07. The van der Waals surface area contributed by atoms with Gasteiger partial charge in [-0.1, -0.05) is 38.1 Å². The summed E-state index contributed by atoms with van der Waals surface area (Å²) in [7, 11) is 0. The summed E-state index contributed by atoms with van der Waals surface area (Å²) in [4.78, 5) is 42.6. The van der Waals surface area contributed by atoms with Crippen molar-refractivity contribution in [3.63, 3.8) is 0 Å². The second kappa shape index (κ2) is 9.22. The van der Waals surface area contributed by atoms with Crippen LogP contribution in [0.25, 0.3) is 10.9 Å². The van der Waals surface area contributed by atoms with Crippen LogP contribution in [-0.4, -0.2) is 41.1 Å². The first kappa shape index (κ1) is 23.7. The Morgan fingerprint density at radius 2 is 1.89 bits per heavy atom. The Bertz CT molecular complexity index is 1350. The zero-order valence-electron chi connectivity index (χ0n) is 20.4. The van der Waals surface area contributed by atoms with Gasteiger partial charge in [-0.25, -0.2) is 0 Å². The molecule has 2 aliphatic rings. The summed E-state index contributed by atoms with van der Waals surface area (Å²) in [5.74, 6) is -0.276. The number of fused-ring (bicyclic) bond motifs is 4. The number of nitrogens with two attached hydrogens (primary N) is 1. The first-order valence-electron chi connectivity index (χ1n) is 12.1. The molecule has 0 bridgehead atoms. The topological polar surface area (TPSA) is 136 Å². The predicted molar refractivity (Wildman–Crippen MR) is 133 cm³/mol. The first-order valence-corrected chi connectivity index (χ1v) is 12.1. The van der Waals surface area contributed by atoms with E-state index in [9.17, 15) is 14.4 Å². The predicted octanol–water partition coefficient (Wildman–Crippen LogP) is 2.11. The molecule has 36 heavy (non-hydrogen) atoms. The summed E-state index contributed by atoms with van der Waals surface area (Å²) in [6.07, 6.45) is 1.32. The maximum atomic E-state index is 13.8. The fourth-order valence-corrected chi connectivity index (χ4v) is 5.15. The number of hydrogen-bond donors (Lipinski definition) is 4. The minimum absolute atomic E-state index is 0.0653. The highest BCUT2D eigenvalue weighted by Crippen LogP contribution is 2.35. The molecule has 2 heterocycles. The van der Waals surface area contributed by atoms with Crippen LogP contribution in [-0.2, 0) is 33.6 Å². The van der Waals surface area contributed by atoms with Crippen molar-refractivity contribution < 1.29 is 23.9 Å². The molecule has 0 saturated heterocycles. The lowest BCUT2D eigenvalue weighted by Crippen LogP contribution is -2.64. The molecule has 1 aliphatic heterocycles. The second-order valence-electron chi connectivity index (χ2n) is 9.90. The van der Waals surface area contributed by atoms with Crippen LogP contribution in [0, 0.1) is 5.92 Å². The van der Waals surface area contributed by atoms with E-state index in [-0.39, 0.29) is 25.0 Å². The fraction of sp³-hybridized carbons (Fsp3) is 0.370. The van der Waals surface area contributed by atoms with Crippen molar-refractivity contribution in [2.45, 2.75) is 51.1 Å². The van der Waals surface area contributed by atoms with E-state index in [2.05, 4.69) is 15.6 Å². The van der Waals surface area contributed by atoms with Crippen molar-refractivity contribution >= 4 is 28.6 Å². The molecule has 3 amide bonds. The number of para-hydroxylation sites is 1. The first-order chi connectivity index (χ1) is 17.3. The van der Waals surface area contributed by atoms with E-state index in [4.69, 9.17) is 15.2 Å². The van der Waals surface area contributed by atoms with Gasteiger partial charge in [0.15, 0.2) is 11.5 Å². The SMILES string of the molecule is CC(C)[C@H](NC(=O)[C@@]1(NC(=O)Cc2ccc3c(c2)OCO3)CCc2[nH]c3ccccc3c2C1)C(N)=O. The van der Waals surface area contributed by atoms with Gasteiger partial charge in [0.1, 0.15) is 11.6 Å². The third kappa shape index (κ3) is 4.36. The largest absolute Gasteiger partial charge is 0.454 e. The smallest absolute Gasteiger partial charge is 0.246 e. The van der Waals surface area contributed by atoms with E-state index in [0.29, 0.717) is 30.8 Å². The molecule has 1 aliphatic carbocycles. The maximum absolute atomic E-state index is 13.8. The van der Waals surface area contributed by atoms with Crippen LogP contribution in [0.2, 0.25) is 0 Å². The number of aromatic nitrogens is 1. The molecule has 0 radical (unpaired) electrons. The van der Waals surface area contributed by atoms with Crippen molar-refractivity contribution in [3.8, 4) is 11.5 Å². The monoisotopic (exact) mass is 490 g/mol. The lowest BCUT2D eigenvalue weighted by molar-refractivity contribution is -0.136. The highest BCUT2D eigenvalue weighted by molar-refractivity contribution is 5.97. The number of primary amides is 1. The standard InChI is InChI=1S/C27H30N4O5/c1-15(2)24(25(28)33)30-26(34)27(10-9-20-18(13-27)17-5-3-4-6-19(17)29-20)31-23(32)12-16-7-8-21-22(11-16)36-14-35-21/h3-8,11,15,24,29H,9-10,12-14H2,1-2H3,(H2,28,33)(H,30,34)(H,31,32)/t24-,27+/m0/s1. The maximum Gasteiger partial charge on any atom is 0.246 e. The number of aryl methyl sites for hydroxylation is 1. The number of hydrogen-bond acceptors (Lipinski definition) is 5. The molecule has 2 atom stereocenters. The van der Waals surface area contributed by atoms with E-state index >= 15 is 0 Å². The van der Waals surface area contributed by atoms with Crippen molar-refractivity contribution in [1.29, 1.82) is 0 Å². The normalized spacial score (nSPS) is 19.1. The second-order valence-corrected chi connectivity index (χ2v) is 9.90. The number of nitrogens with one attached hydrogen (secondary N) is 3. The Morgan fingerprint density at radius 1 is 1.11 bits per heavy atom. The van der Waals surface area contributed by atoms with Crippen LogP contribution < -0.4 is 25.8 Å². The van der Waals surface area contributed by atoms with Crippen LogP contribution in [0.4, 0.5) is 0 Å². The third-order valence-corrected chi connectivity index (χ3v) is 7.06. The number of carbonyl (C=O) groups is 3. The van der Waals surface area contributed by atoms with Crippen LogP contribution in [0.5, 0.6) is 11.5 Å². The third-order valence-electron chi connectivity index (χ3n) is 7.06. The molecule has 3 aromatic rings. The Morgan fingerprint density at radius 3 is 2.67 bits per heavy atom.